The molecule has 0 aliphatic heterocycles. The van der Waals surface area contributed by atoms with Gasteiger partial charge in [0.2, 0.25) is 16.4 Å². The molecule has 2 N–H and O–H groups in total. The minimum Gasteiger partial charge on any atom is -0.494 e. The van der Waals surface area contributed by atoms with Crippen molar-refractivity contribution < 1.29 is 22.1 Å². The van der Waals surface area contributed by atoms with Gasteiger partial charge in [-0.05, 0) is 18.6 Å². The van der Waals surface area contributed by atoms with Crippen LogP contribution >= 0.6 is 0 Å². The first-order chi connectivity index (χ1) is 10.0. The molecule has 0 bridgehead atoms. The van der Waals surface area contributed by atoms with Crippen molar-refractivity contribution in [3.63, 3.8) is 0 Å². The topological polar surface area (TPSA) is 75.1 Å². The summed E-state index contributed by atoms with van der Waals surface area (Å²) in [5.74, 6) is -0.693. The Hall–Kier alpha value is -1.93. The lowest BCUT2D eigenvalue weighted by atomic mass is 10.3. The second kappa shape index (κ2) is 6.68. The largest absolute Gasteiger partial charge is 0.494 e. The molecule has 0 radical (unpaired) electrons. The van der Waals surface area contributed by atoms with Crippen molar-refractivity contribution in [3.05, 3.63) is 42.7 Å². The quantitative estimate of drug-likeness (QED) is 0.587. The van der Waals surface area contributed by atoms with Crippen molar-refractivity contribution in [1.82, 2.24) is 9.71 Å². The van der Waals surface area contributed by atoms with Gasteiger partial charge in [-0.1, -0.05) is 0 Å². The van der Waals surface area contributed by atoms with E-state index in [4.69, 9.17) is 4.74 Å². The number of hydrogen-bond acceptors (Lipinski definition) is 3. The van der Waals surface area contributed by atoms with Crippen LogP contribution in [0.1, 0.15) is 6.42 Å². The highest BCUT2D eigenvalue weighted by molar-refractivity contribution is 7.89. The van der Waals surface area contributed by atoms with Crippen LogP contribution in [0, 0.1) is 5.82 Å². The summed E-state index contributed by atoms with van der Waals surface area (Å²) in [6.07, 6.45) is 6.08. The molecule has 8 heteroatoms. The summed E-state index contributed by atoms with van der Waals surface area (Å²) in [6.45, 7) is 0.985. The summed E-state index contributed by atoms with van der Waals surface area (Å²) in [4.78, 5) is 2.89. The normalized spacial score (nSPS) is 11.5. The van der Waals surface area contributed by atoms with Crippen molar-refractivity contribution in [2.75, 3.05) is 13.7 Å². The van der Waals surface area contributed by atoms with Gasteiger partial charge in [-0.15, -0.1) is 0 Å². The Morgan fingerprint density at radius 2 is 2.24 bits per heavy atom. The minimum absolute atomic E-state index is 0.0185. The van der Waals surface area contributed by atoms with E-state index < -0.39 is 15.8 Å². The van der Waals surface area contributed by atoms with Crippen molar-refractivity contribution >= 4 is 10.0 Å². The highest BCUT2D eigenvalue weighted by Crippen LogP contribution is 2.21. The number of benzene rings is 1. The summed E-state index contributed by atoms with van der Waals surface area (Å²) < 4.78 is 46.6. The number of nitrogens with one attached hydrogen (secondary N) is 2. The highest BCUT2D eigenvalue weighted by Gasteiger charge is 2.16. The van der Waals surface area contributed by atoms with Crippen LogP contribution in [0.25, 0.3) is 0 Å². The molecule has 0 saturated carbocycles. The SMILES string of the molecule is COc1cc(S(=O)(=O)NCCC[n+]2cc[nH]c2)ccc1F. The fourth-order valence-electron chi connectivity index (χ4n) is 1.82. The molecule has 21 heavy (non-hydrogen) atoms. The van der Waals surface area contributed by atoms with Crippen LogP contribution in [0.4, 0.5) is 4.39 Å². The summed E-state index contributed by atoms with van der Waals surface area (Å²) in [5.41, 5.74) is 0. The number of rotatable bonds is 7. The van der Waals surface area contributed by atoms with E-state index in [1.165, 1.54) is 19.2 Å². The monoisotopic (exact) mass is 314 g/mol. The number of methoxy groups -OCH3 is 1. The standard InChI is InChI=1S/C13H16FN3O3S/c1-20-13-9-11(3-4-12(13)14)21(18,19)16-5-2-7-17-8-6-15-10-17/h3-4,6,8-10,16H,2,5,7H2,1H3/p+1. The first kappa shape index (κ1) is 15.5. The number of aromatic amines is 1. The summed E-state index contributed by atoms with van der Waals surface area (Å²) >= 11 is 0. The number of H-pyrrole nitrogens is 1. The highest BCUT2D eigenvalue weighted by atomic mass is 32.2. The molecular formula is C13H17FN3O3S+. The van der Waals surface area contributed by atoms with E-state index in [0.717, 1.165) is 6.07 Å². The molecule has 1 heterocycles. The fraction of sp³-hybridized carbons (Fsp3) is 0.308. The van der Waals surface area contributed by atoms with E-state index in [1.54, 1.807) is 12.5 Å². The van der Waals surface area contributed by atoms with Crippen molar-refractivity contribution in [2.45, 2.75) is 17.9 Å². The molecule has 1 aromatic heterocycles. The molecule has 0 atom stereocenters. The van der Waals surface area contributed by atoms with Crippen molar-refractivity contribution in [2.24, 2.45) is 0 Å². The van der Waals surface area contributed by atoms with E-state index in [1.807, 2.05) is 10.8 Å². The first-order valence-corrected chi connectivity index (χ1v) is 7.86. The van der Waals surface area contributed by atoms with Gasteiger partial charge in [-0.25, -0.2) is 22.1 Å². The Bertz CT molecular complexity index is 687. The van der Waals surface area contributed by atoms with Gasteiger partial charge >= 0.3 is 0 Å². The van der Waals surface area contributed by atoms with Crippen LogP contribution < -0.4 is 14.0 Å². The van der Waals surface area contributed by atoms with Gasteiger partial charge in [0, 0.05) is 12.6 Å². The van der Waals surface area contributed by atoms with Crippen molar-refractivity contribution in [1.29, 1.82) is 0 Å². The molecule has 0 unspecified atom stereocenters. The molecule has 0 aliphatic carbocycles. The summed E-state index contributed by atoms with van der Waals surface area (Å²) in [6, 6.07) is 3.45. The van der Waals surface area contributed by atoms with Crippen molar-refractivity contribution in [3.8, 4) is 5.75 Å². The lowest BCUT2D eigenvalue weighted by molar-refractivity contribution is -0.695. The Morgan fingerprint density at radius 3 is 2.90 bits per heavy atom. The van der Waals surface area contributed by atoms with Gasteiger partial charge in [0.25, 0.3) is 0 Å². The summed E-state index contributed by atoms with van der Waals surface area (Å²) in [5, 5.41) is 0. The lowest BCUT2D eigenvalue weighted by Gasteiger charge is -2.08. The lowest BCUT2D eigenvalue weighted by Crippen LogP contribution is -2.33. The predicted molar refractivity (Wildman–Crippen MR) is 73.7 cm³/mol. The number of sulfonamides is 1. The molecule has 1 aromatic carbocycles. The number of nitrogens with zero attached hydrogens (tertiary/aromatic N) is 1. The van der Waals surface area contributed by atoms with Gasteiger partial charge < -0.3 is 4.74 Å². The molecule has 0 spiro atoms. The third-order valence-electron chi connectivity index (χ3n) is 2.92. The number of halogens is 1. The van der Waals surface area contributed by atoms with Gasteiger partial charge in [0.05, 0.1) is 18.6 Å². The zero-order valence-corrected chi connectivity index (χ0v) is 12.4. The molecule has 2 aromatic rings. The minimum atomic E-state index is -3.66. The Kier molecular flexibility index (Phi) is 4.92. The molecule has 0 aliphatic rings. The second-order valence-corrected chi connectivity index (χ2v) is 6.16. The summed E-state index contributed by atoms with van der Waals surface area (Å²) in [7, 11) is -2.38. The maximum Gasteiger partial charge on any atom is 0.241 e. The molecule has 2 rings (SSSR count). The fourth-order valence-corrected chi connectivity index (χ4v) is 2.91. The smallest absolute Gasteiger partial charge is 0.241 e. The Balaban J connectivity index is 1.95. The average molecular weight is 314 g/mol. The van der Waals surface area contributed by atoms with Crippen LogP contribution in [-0.2, 0) is 16.6 Å². The van der Waals surface area contributed by atoms with Crippen LogP contribution in [0.15, 0.2) is 41.8 Å². The van der Waals surface area contributed by atoms with Gasteiger partial charge in [-0.2, -0.15) is 0 Å². The molecule has 0 fully saturated rings. The van der Waals surface area contributed by atoms with E-state index in [9.17, 15) is 12.8 Å². The number of imidazole rings is 1. The molecular weight excluding hydrogens is 297 g/mol. The number of aromatic nitrogens is 2. The molecule has 6 nitrogen and oxygen atoms in total. The number of aryl methyl sites for hydroxylation is 1. The zero-order chi connectivity index (χ0) is 15.3. The third-order valence-corrected chi connectivity index (χ3v) is 4.38. The maximum absolute atomic E-state index is 13.3. The van der Waals surface area contributed by atoms with Crippen LogP contribution in [0.2, 0.25) is 0 Å². The van der Waals surface area contributed by atoms with Crippen LogP contribution in [0.3, 0.4) is 0 Å². The van der Waals surface area contributed by atoms with Crippen LogP contribution in [-0.4, -0.2) is 27.1 Å². The van der Waals surface area contributed by atoms with Gasteiger partial charge in [-0.3, -0.25) is 4.98 Å². The van der Waals surface area contributed by atoms with E-state index in [-0.39, 0.29) is 10.6 Å². The predicted octanol–water partition coefficient (Wildman–Crippen LogP) is 0.819. The first-order valence-electron chi connectivity index (χ1n) is 6.38. The van der Waals surface area contributed by atoms with Gasteiger partial charge in [0.1, 0.15) is 12.4 Å². The zero-order valence-electron chi connectivity index (χ0n) is 11.5. The van der Waals surface area contributed by atoms with E-state index in [2.05, 4.69) is 9.71 Å². The number of ether oxygens (including phenoxy) is 1. The molecule has 0 saturated heterocycles. The number of hydrogen-bond donors (Lipinski definition) is 2. The van der Waals surface area contributed by atoms with Gasteiger partial charge in [0.15, 0.2) is 11.6 Å². The van der Waals surface area contributed by atoms with E-state index in [0.29, 0.717) is 19.5 Å². The Morgan fingerprint density at radius 1 is 1.43 bits per heavy atom. The van der Waals surface area contributed by atoms with Crippen LogP contribution in [0.5, 0.6) is 5.75 Å². The Labute approximate surface area is 122 Å². The second-order valence-electron chi connectivity index (χ2n) is 4.40. The molecule has 0 amide bonds. The van der Waals surface area contributed by atoms with E-state index >= 15 is 0 Å². The average Bonchev–Trinajstić information content (AvgIpc) is 2.97. The molecule has 114 valence electrons. The maximum atomic E-state index is 13.3. The third kappa shape index (κ3) is 4.02.